The molecule has 2 aromatic carbocycles. The molecule has 0 aliphatic rings. The van der Waals surface area contributed by atoms with Crippen LogP contribution in [0.15, 0.2) is 53.4 Å². The van der Waals surface area contributed by atoms with Crippen LogP contribution in [0.25, 0.3) is 11.1 Å². The minimum atomic E-state index is -3.75. The van der Waals surface area contributed by atoms with Gasteiger partial charge in [-0.15, -0.1) is 0 Å². The number of rotatable bonds is 3. The maximum Gasteiger partial charge on any atom is 0.238 e. The quantitative estimate of drug-likeness (QED) is 0.882. The van der Waals surface area contributed by atoms with Gasteiger partial charge in [-0.05, 0) is 11.1 Å². The van der Waals surface area contributed by atoms with Gasteiger partial charge in [0.25, 0.3) is 0 Å². The van der Waals surface area contributed by atoms with Gasteiger partial charge in [-0.1, -0.05) is 64.5 Å². The highest BCUT2D eigenvalue weighted by molar-refractivity contribution is 9.08. The van der Waals surface area contributed by atoms with E-state index in [0.717, 1.165) is 5.56 Å². The number of primary sulfonamides is 1. The molecule has 0 bridgehead atoms. The van der Waals surface area contributed by atoms with E-state index in [4.69, 9.17) is 5.14 Å². The minimum Gasteiger partial charge on any atom is -0.225 e. The highest BCUT2D eigenvalue weighted by Crippen LogP contribution is 2.30. The summed E-state index contributed by atoms with van der Waals surface area (Å²) in [6.45, 7) is 0. The van der Waals surface area contributed by atoms with E-state index >= 15 is 0 Å². The monoisotopic (exact) mass is 325 g/mol. The normalized spacial score (nSPS) is 11.4. The van der Waals surface area contributed by atoms with E-state index in [0.29, 0.717) is 16.5 Å². The largest absolute Gasteiger partial charge is 0.238 e. The molecule has 0 saturated carbocycles. The first kappa shape index (κ1) is 13.3. The second-order valence-electron chi connectivity index (χ2n) is 3.84. The zero-order valence-corrected chi connectivity index (χ0v) is 11.9. The summed E-state index contributed by atoms with van der Waals surface area (Å²) in [5, 5.41) is 5.77. The molecular weight excluding hydrogens is 314 g/mol. The molecule has 5 heteroatoms. The van der Waals surface area contributed by atoms with Crippen molar-refractivity contribution in [2.75, 3.05) is 0 Å². The highest BCUT2D eigenvalue weighted by Gasteiger charge is 2.18. The van der Waals surface area contributed by atoms with Crippen LogP contribution in [0.5, 0.6) is 0 Å². The van der Waals surface area contributed by atoms with Gasteiger partial charge in [-0.2, -0.15) is 0 Å². The Morgan fingerprint density at radius 3 is 2.22 bits per heavy atom. The first-order valence-electron chi connectivity index (χ1n) is 5.30. The molecule has 0 spiro atoms. The number of nitrogens with two attached hydrogens (primary N) is 1. The number of benzene rings is 2. The molecule has 0 heterocycles. The van der Waals surface area contributed by atoms with E-state index in [1.165, 1.54) is 0 Å². The summed E-state index contributed by atoms with van der Waals surface area (Å²) >= 11 is 3.29. The van der Waals surface area contributed by atoms with Crippen LogP contribution < -0.4 is 5.14 Å². The summed E-state index contributed by atoms with van der Waals surface area (Å²) < 4.78 is 23.5. The van der Waals surface area contributed by atoms with Crippen molar-refractivity contribution in [3.8, 4) is 11.1 Å². The third kappa shape index (κ3) is 2.63. The molecule has 0 unspecified atom stereocenters. The van der Waals surface area contributed by atoms with Gasteiger partial charge >= 0.3 is 0 Å². The third-order valence-corrected chi connectivity index (χ3v) is 4.27. The molecule has 0 saturated heterocycles. The van der Waals surface area contributed by atoms with Crippen molar-refractivity contribution in [2.24, 2.45) is 5.14 Å². The predicted molar refractivity (Wildman–Crippen MR) is 75.9 cm³/mol. The van der Waals surface area contributed by atoms with Crippen LogP contribution in [0.2, 0.25) is 0 Å². The summed E-state index contributed by atoms with van der Waals surface area (Å²) in [5.74, 6) is 0. The molecule has 0 aliphatic heterocycles. The number of halogens is 1. The topological polar surface area (TPSA) is 60.2 Å². The van der Waals surface area contributed by atoms with Gasteiger partial charge in [0, 0.05) is 10.9 Å². The summed E-state index contributed by atoms with van der Waals surface area (Å²) in [7, 11) is -3.75. The number of sulfonamides is 1. The Balaban J connectivity index is 2.77. The highest BCUT2D eigenvalue weighted by atomic mass is 79.9. The average molecular weight is 326 g/mol. The van der Waals surface area contributed by atoms with Crippen LogP contribution in [-0.4, -0.2) is 8.42 Å². The van der Waals surface area contributed by atoms with E-state index in [2.05, 4.69) is 15.9 Å². The molecule has 18 heavy (non-hydrogen) atoms. The summed E-state index contributed by atoms with van der Waals surface area (Å²) in [5.41, 5.74) is 2.14. The van der Waals surface area contributed by atoms with Gasteiger partial charge in [0.05, 0.1) is 4.90 Å². The molecule has 2 rings (SSSR count). The molecule has 0 atom stereocenters. The maximum atomic E-state index is 11.8. The summed E-state index contributed by atoms with van der Waals surface area (Å²) in [4.78, 5) is 0.188. The molecule has 0 aliphatic carbocycles. The minimum absolute atomic E-state index is 0.188. The Bertz CT molecular complexity index is 654. The van der Waals surface area contributed by atoms with Crippen molar-refractivity contribution in [1.82, 2.24) is 0 Å². The lowest BCUT2D eigenvalue weighted by Crippen LogP contribution is -2.15. The molecule has 2 aromatic rings. The van der Waals surface area contributed by atoms with Crippen LogP contribution in [0.3, 0.4) is 0 Å². The van der Waals surface area contributed by atoms with Crippen LogP contribution >= 0.6 is 15.9 Å². The molecule has 2 N–H and O–H groups in total. The zero-order chi connectivity index (χ0) is 13.2. The van der Waals surface area contributed by atoms with Crippen LogP contribution in [-0.2, 0) is 15.4 Å². The first-order chi connectivity index (χ1) is 8.54. The van der Waals surface area contributed by atoms with E-state index < -0.39 is 10.0 Å². The standard InChI is InChI=1S/C13H12BrNO2S/c14-9-11-7-4-8-12(13(11)18(15,16)17)10-5-2-1-3-6-10/h1-8H,9H2,(H2,15,16,17). The molecule has 0 amide bonds. The van der Waals surface area contributed by atoms with Crippen molar-refractivity contribution in [3.63, 3.8) is 0 Å². The Morgan fingerprint density at radius 2 is 1.67 bits per heavy atom. The van der Waals surface area contributed by atoms with Crippen molar-refractivity contribution in [3.05, 3.63) is 54.1 Å². The Kier molecular flexibility index (Phi) is 3.85. The second-order valence-corrected chi connectivity index (χ2v) is 5.90. The lowest BCUT2D eigenvalue weighted by Gasteiger charge is -2.11. The fourth-order valence-corrected chi connectivity index (χ4v) is 3.52. The Labute approximate surface area is 115 Å². The smallest absolute Gasteiger partial charge is 0.225 e. The van der Waals surface area contributed by atoms with Gasteiger partial charge in [-0.3, -0.25) is 0 Å². The molecular formula is C13H12BrNO2S. The zero-order valence-electron chi connectivity index (χ0n) is 9.51. The summed E-state index contributed by atoms with van der Waals surface area (Å²) in [6.07, 6.45) is 0. The van der Waals surface area contributed by atoms with Gasteiger partial charge in [-0.25, -0.2) is 13.6 Å². The second kappa shape index (κ2) is 5.22. The van der Waals surface area contributed by atoms with Crippen LogP contribution in [0.1, 0.15) is 5.56 Å². The van der Waals surface area contributed by atoms with Gasteiger partial charge in [0.2, 0.25) is 10.0 Å². The Hall–Kier alpha value is -1.17. The predicted octanol–water partition coefficient (Wildman–Crippen LogP) is 2.90. The maximum absolute atomic E-state index is 11.8. The van der Waals surface area contributed by atoms with Crippen molar-refractivity contribution < 1.29 is 8.42 Å². The number of hydrogen-bond acceptors (Lipinski definition) is 2. The molecule has 3 nitrogen and oxygen atoms in total. The van der Waals surface area contributed by atoms with E-state index in [1.807, 2.05) is 36.4 Å². The fourth-order valence-electron chi connectivity index (χ4n) is 1.87. The van der Waals surface area contributed by atoms with E-state index in [9.17, 15) is 8.42 Å². The van der Waals surface area contributed by atoms with Gasteiger partial charge in [0.15, 0.2) is 0 Å². The number of alkyl halides is 1. The lowest BCUT2D eigenvalue weighted by molar-refractivity contribution is 0.597. The third-order valence-electron chi connectivity index (χ3n) is 2.61. The van der Waals surface area contributed by atoms with Crippen LogP contribution in [0.4, 0.5) is 0 Å². The number of hydrogen-bond donors (Lipinski definition) is 1. The van der Waals surface area contributed by atoms with E-state index in [-0.39, 0.29) is 4.90 Å². The first-order valence-corrected chi connectivity index (χ1v) is 7.97. The van der Waals surface area contributed by atoms with Crippen LogP contribution in [0, 0.1) is 0 Å². The average Bonchev–Trinajstić information content (AvgIpc) is 2.38. The van der Waals surface area contributed by atoms with Gasteiger partial charge < -0.3 is 0 Å². The Morgan fingerprint density at radius 1 is 1.00 bits per heavy atom. The molecule has 0 radical (unpaired) electrons. The molecule has 94 valence electrons. The fraction of sp³-hybridized carbons (Fsp3) is 0.0769. The SMILES string of the molecule is NS(=O)(=O)c1c(CBr)cccc1-c1ccccc1. The van der Waals surface area contributed by atoms with Crippen molar-refractivity contribution >= 4 is 26.0 Å². The summed E-state index contributed by atoms with van der Waals surface area (Å²) in [6, 6.07) is 14.7. The lowest BCUT2D eigenvalue weighted by atomic mass is 10.0. The van der Waals surface area contributed by atoms with Gasteiger partial charge in [0.1, 0.15) is 0 Å². The van der Waals surface area contributed by atoms with Crippen molar-refractivity contribution in [2.45, 2.75) is 10.2 Å². The van der Waals surface area contributed by atoms with E-state index in [1.54, 1.807) is 12.1 Å². The molecule has 0 fully saturated rings. The molecule has 0 aromatic heterocycles. The van der Waals surface area contributed by atoms with Crippen molar-refractivity contribution in [1.29, 1.82) is 0 Å².